The lowest BCUT2D eigenvalue weighted by Crippen LogP contribution is -2.34. The van der Waals surface area contributed by atoms with Crippen LogP contribution in [0.2, 0.25) is 0 Å². The summed E-state index contributed by atoms with van der Waals surface area (Å²) >= 11 is 0. The van der Waals surface area contributed by atoms with Crippen LogP contribution in [0, 0.1) is 6.92 Å². The SMILES string of the molecule is Cc1ccc[n+](C)c1CCC(=O)c1ccccc1. The van der Waals surface area contributed by atoms with Gasteiger partial charge in [0.05, 0.1) is 0 Å². The number of rotatable bonds is 4. The van der Waals surface area contributed by atoms with Crippen molar-refractivity contribution in [3.05, 3.63) is 65.5 Å². The Morgan fingerprint density at radius 3 is 2.50 bits per heavy atom. The maximum Gasteiger partial charge on any atom is 0.184 e. The number of hydrogen-bond donors (Lipinski definition) is 0. The fraction of sp³-hybridized carbons (Fsp3) is 0.250. The van der Waals surface area contributed by atoms with Gasteiger partial charge in [-0.2, -0.15) is 0 Å². The minimum absolute atomic E-state index is 0.207. The molecule has 0 radical (unpaired) electrons. The fourth-order valence-corrected chi connectivity index (χ4v) is 2.15. The Kier molecular flexibility index (Phi) is 3.88. The average Bonchev–Trinajstić information content (AvgIpc) is 2.39. The molecule has 2 nitrogen and oxygen atoms in total. The number of benzene rings is 1. The zero-order valence-corrected chi connectivity index (χ0v) is 10.9. The molecule has 0 spiro atoms. The Labute approximate surface area is 108 Å². The minimum atomic E-state index is 0.207. The monoisotopic (exact) mass is 240 g/mol. The van der Waals surface area contributed by atoms with E-state index in [1.807, 2.05) is 49.6 Å². The number of ketones is 1. The lowest BCUT2D eigenvalue weighted by atomic mass is 10.0. The first-order valence-corrected chi connectivity index (χ1v) is 6.21. The van der Waals surface area contributed by atoms with Crippen molar-refractivity contribution in [3.8, 4) is 0 Å². The van der Waals surface area contributed by atoms with E-state index in [4.69, 9.17) is 0 Å². The summed E-state index contributed by atoms with van der Waals surface area (Å²) in [7, 11) is 2.02. The summed E-state index contributed by atoms with van der Waals surface area (Å²) in [6.45, 7) is 2.09. The van der Waals surface area contributed by atoms with Crippen LogP contribution in [0.15, 0.2) is 48.7 Å². The van der Waals surface area contributed by atoms with Crippen LogP contribution in [0.1, 0.15) is 28.0 Å². The highest BCUT2D eigenvalue weighted by molar-refractivity contribution is 5.96. The number of aryl methyl sites for hydroxylation is 2. The molecule has 0 bridgehead atoms. The van der Waals surface area contributed by atoms with E-state index >= 15 is 0 Å². The van der Waals surface area contributed by atoms with Gasteiger partial charge in [0.25, 0.3) is 0 Å². The van der Waals surface area contributed by atoms with Gasteiger partial charge < -0.3 is 0 Å². The molecule has 0 unspecified atom stereocenters. The predicted molar refractivity (Wildman–Crippen MR) is 71.4 cm³/mol. The van der Waals surface area contributed by atoms with Gasteiger partial charge in [-0.1, -0.05) is 30.3 Å². The number of carbonyl (C=O) groups is 1. The third-order valence-electron chi connectivity index (χ3n) is 3.22. The zero-order chi connectivity index (χ0) is 13.0. The zero-order valence-electron chi connectivity index (χ0n) is 10.9. The highest BCUT2D eigenvalue weighted by Gasteiger charge is 2.13. The van der Waals surface area contributed by atoms with E-state index < -0.39 is 0 Å². The van der Waals surface area contributed by atoms with Crippen LogP contribution >= 0.6 is 0 Å². The van der Waals surface area contributed by atoms with Gasteiger partial charge in [-0.3, -0.25) is 4.79 Å². The van der Waals surface area contributed by atoms with E-state index in [-0.39, 0.29) is 5.78 Å². The molecule has 0 aliphatic carbocycles. The summed E-state index contributed by atoms with van der Waals surface area (Å²) in [5.41, 5.74) is 3.26. The van der Waals surface area contributed by atoms with Crippen LogP contribution < -0.4 is 4.57 Å². The molecule has 0 saturated carbocycles. The Hall–Kier alpha value is -1.96. The van der Waals surface area contributed by atoms with Crippen molar-refractivity contribution < 1.29 is 9.36 Å². The van der Waals surface area contributed by atoms with Crippen LogP contribution in [-0.4, -0.2) is 5.78 Å². The molecule has 1 aromatic carbocycles. The van der Waals surface area contributed by atoms with Crippen molar-refractivity contribution in [2.75, 3.05) is 0 Å². The van der Waals surface area contributed by atoms with E-state index in [1.54, 1.807) is 0 Å². The molecule has 0 N–H and O–H groups in total. The molecular formula is C16H18NO+. The number of nitrogens with zero attached hydrogens (tertiary/aromatic N) is 1. The third-order valence-corrected chi connectivity index (χ3v) is 3.22. The van der Waals surface area contributed by atoms with Crippen molar-refractivity contribution in [1.82, 2.24) is 0 Å². The summed E-state index contributed by atoms with van der Waals surface area (Å²) in [5, 5.41) is 0. The quantitative estimate of drug-likeness (QED) is 0.594. The number of pyridine rings is 1. The molecule has 18 heavy (non-hydrogen) atoms. The molecule has 2 heteroatoms. The summed E-state index contributed by atoms with van der Waals surface area (Å²) in [6.07, 6.45) is 3.37. The Morgan fingerprint density at radius 1 is 1.11 bits per heavy atom. The second-order valence-corrected chi connectivity index (χ2v) is 4.54. The number of Topliss-reactive ketones (excluding diaryl/α,β-unsaturated/α-hetero) is 1. The number of aromatic nitrogens is 1. The normalized spacial score (nSPS) is 10.3. The van der Waals surface area contributed by atoms with Crippen LogP contribution in [0.3, 0.4) is 0 Å². The van der Waals surface area contributed by atoms with E-state index in [2.05, 4.69) is 17.6 Å². The average molecular weight is 240 g/mol. The molecule has 0 aliphatic heterocycles. The second kappa shape index (κ2) is 5.58. The molecule has 1 aromatic heterocycles. The van der Waals surface area contributed by atoms with Crippen LogP contribution in [0.5, 0.6) is 0 Å². The Morgan fingerprint density at radius 2 is 1.83 bits per heavy atom. The lowest BCUT2D eigenvalue weighted by Gasteiger charge is -2.03. The van der Waals surface area contributed by atoms with Crippen molar-refractivity contribution in [1.29, 1.82) is 0 Å². The Bertz CT molecular complexity index is 526. The molecule has 0 amide bonds. The third kappa shape index (κ3) is 2.83. The molecule has 92 valence electrons. The van der Waals surface area contributed by atoms with E-state index in [1.165, 1.54) is 11.3 Å². The van der Waals surface area contributed by atoms with Crippen LogP contribution in [-0.2, 0) is 13.5 Å². The molecule has 1 heterocycles. The maximum absolute atomic E-state index is 12.0. The van der Waals surface area contributed by atoms with Gasteiger partial charge in [0.1, 0.15) is 7.05 Å². The fourth-order valence-electron chi connectivity index (χ4n) is 2.15. The van der Waals surface area contributed by atoms with Crippen LogP contribution in [0.25, 0.3) is 0 Å². The molecule has 2 aromatic rings. The van der Waals surface area contributed by atoms with Crippen molar-refractivity contribution in [2.24, 2.45) is 7.05 Å². The molecule has 0 atom stereocenters. The van der Waals surface area contributed by atoms with Gasteiger partial charge in [-0.25, -0.2) is 4.57 Å². The lowest BCUT2D eigenvalue weighted by molar-refractivity contribution is -0.679. The molecule has 0 fully saturated rings. The Balaban J connectivity index is 2.07. The molecule has 2 rings (SSSR count). The minimum Gasteiger partial charge on any atom is -0.294 e. The smallest absolute Gasteiger partial charge is 0.184 e. The highest BCUT2D eigenvalue weighted by Crippen LogP contribution is 2.08. The van der Waals surface area contributed by atoms with Crippen molar-refractivity contribution in [2.45, 2.75) is 19.8 Å². The standard InChI is InChI=1S/C16H18NO/c1-13-7-6-12-17(2)15(13)10-11-16(18)14-8-4-3-5-9-14/h3-9,12H,10-11H2,1-2H3/q+1. The molecule has 0 aliphatic rings. The number of carbonyl (C=O) groups excluding carboxylic acids is 1. The van der Waals surface area contributed by atoms with Gasteiger partial charge in [0.2, 0.25) is 0 Å². The number of hydrogen-bond acceptors (Lipinski definition) is 1. The first-order valence-electron chi connectivity index (χ1n) is 6.21. The van der Waals surface area contributed by atoms with E-state index in [9.17, 15) is 4.79 Å². The first-order chi connectivity index (χ1) is 8.68. The topological polar surface area (TPSA) is 20.9 Å². The second-order valence-electron chi connectivity index (χ2n) is 4.54. The summed E-state index contributed by atoms with van der Waals surface area (Å²) in [5.74, 6) is 0.207. The van der Waals surface area contributed by atoms with Gasteiger partial charge in [0, 0.05) is 30.0 Å². The summed E-state index contributed by atoms with van der Waals surface area (Å²) in [6, 6.07) is 13.6. The van der Waals surface area contributed by atoms with E-state index in [0.717, 1.165) is 12.0 Å². The molecular weight excluding hydrogens is 222 g/mol. The van der Waals surface area contributed by atoms with E-state index in [0.29, 0.717) is 6.42 Å². The predicted octanol–water partition coefficient (Wildman–Crippen LogP) is 2.64. The maximum atomic E-state index is 12.0. The van der Waals surface area contributed by atoms with Gasteiger partial charge in [-0.05, 0) is 13.0 Å². The van der Waals surface area contributed by atoms with Crippen molar-refractivity contribution >= 4 is 5.78 Å². The molecule has 0 saturated heterocycles. The van der Waals surface area contributed by atoms with Gasteiger partial charge in [-0.15, -0.1) is 0 Å². The van der Waals surface area contributed by atoms with Crippen LogP contribution in [0.4, 0.5) is 0 Å². The highest BCUT2D eigenvalue weighted by atomic mass is 16.1. The largest absolute Gasteiger partial charge is 0.294 e. The van der Waals surface area contributed by atoms with Gasteiger partial charge >= 0.3 is 0 Å². The first kappa shape index (κ1) is 12.5. The summed E-state index contributed by atoms with van der Waals surface area (Å²) < 4.78 is 2.09. The van der Waals surface area contributed by atoms with Crippen molar-refractivity contribution in [3.63, 3.8) is 0 Å². The summed E-state index contributed by atoms with van der Waals surface area (Å²) in [4.78, 5) is 12.0. The van der Waals surface area contributed by atoms with Gasteiger partial charge in [0.15, 0.2) is 17.7 Å².